The fourth-order valence-electron chi connectivity index (χ4n) is 2.71. The van der Waals surface area contributed by atoms with Crippen LogP contribution in [0.3, 0.4) is 0 Å². The largest absolute Gasteiger partial charge is 0.383 e. The minimum atomic E-state index is -0.0979. The monoisotopic (exact) mass is 305 g/mol. The van der Waals surface area contributed by atoms with Crippen molar-refractivity contribution in [3.8, 4) is 0 Å². The Hall–Kier alpha value is -1.75. The quantitative estimate of drug-likeness (QED) is 0.908. The second-order valence-electron chi connectivity index (χ2n) is 5.76. The molecule has 2 amide bonds. The minimum Gasteiger partial charge on any atom is -0.383 e. The maximum absolute atomic E-state index is 12.3. The molecule has 122 valence electrons. The second kappa shape index (κ2) is 8.63. The topological polar surface area (TPSA) is 44.8 Å². The van der Waals surface area contributed by atoms with Crippen LogP contribution in [-0.2, 0) is 4.74 Å². The van der Waals surface area contributed by atoms with E-state index in [4.69, 9.17) is 4.74 Å². The zero-order chi connectivity index (χ0) is 15.8. The molecule has 0 spiro atoms. The molecule has 22 heavy (non-hydrogen) atoms. The molecule has 1 fully saturated rings. The zero-order valence-corrected chi connectivity index (χ0v) is 13.7. The number of benzene rings is 1. The maximum atomic E-state index is 12.3. The van der Waals surface area contributed by atoms with Crippen LogP contribution in [0.1, 0.15) is 25.7 Å². The molecule has 0 aromatic heterocycles. The molecule has 0 aliphatic carbocycles. The molecule has 0 bridgehead atoms. The van der Waals surface area contributed by atoms with Crippen LogP contribution in [0.4, 0.5) is 16.2 Å². The van der Waals surface area contributed by atoms with E-state index in [1.807, 2.05) is 18.2 Å². The van der Waals surface area contributed by atoms with Gasteiger partial charge in [-0.15, -0.1) is 0 Å². The van der Waals surface area contributed by atoms with E-state index < -0.39 is 0 Å². The number of likely N-dealkylation sites (N-methyl/N-ethyl adjacent to an activating group) is 1. The van der Waals surface area contributed by atoms with Crippen molar-refractivity contribution in [2.75, 3.05) is 50.6 Å². The standard InChI is InChI=1S/C17H27N3O2/c1-19(13-14-22-2)17(21)18-15-9-5-6-10-16(15)20-11-7-3-4-8-12-20/h5-6,9-10H,3-4,7-8,11-14H2,1-2H3,(H,18,21). The summed E-state index contributed by atoms with van der Waals surface area (Å²) in [5.41, 5.74) is 2.01. The highest BCUT2D eigenvalue weighted by molar-refractivity contribution is 5.93. The van der Waals surface area contributed by atoms with E-state index in [2.05, 4.69) is 16.3 Å². The number of anilines is 2. The predicted octanol–water partition coefficient (Wildman–Crippen LogP) is 3.18. The molecular formula is C17H27N3O2. The Balaban J connectivity index is 2.05. The van der Waals surface area contributed by atoms with E-state index >= 15 is 0 Å². The Kier molecular flexibility index (Phi) is 6.52. The fraction of sp³-hybridized carbons (Fsp3) is 0.588. The summed E-state index contributed by atoms with van der Waals surface area (Å²) in [6.45, 7) is 3.24. The Morgan fingerprint density at radius 2 is 1.91 bits per heavy atom. The van der Waals surface area contributed by atoms with Crippen molar-refractivity contribution in [1.29, 1.82) is 0 Å². The summed E-state index contributed by atoms with van der Waals surface area (Å²) in [5, 5.41) is 3.03. The lowest BCUT2D eigenvalue weighted by molar-refractivity contribution is 0.165. The summed E-state index contributed by atoms with van der Waals surface area (Å²) in [4.78, 5) is 16.3. The number of hydrogen-bond acceptors (Lipinski definition) is 3. The summed E-state index contributed by atoms with van der Waals surface area (Å²) < 4.78 is 5.02. The maximum Gasteiger partial charge on any atom is 0.321 e. The van der Waals surface area contributed by atoms with Crippen molar-refractivity contribution in [2.24, 2.45) is 0 Å². The first-order chi connectivity index (χ1) is 10.7. The van der Waals surface area contributed by atoms with Crippen molar-refractivity contribution in [1.82, 2.24) is 4.90 Å². The van der Waals surface area contributed by atoms with Gasteiger partial charge in [-0.2, -0.15) is 0 Å². The minimum absolute atomic E-state index is 0.0979. The number of nitrogens with one attached hydrogen (secondary N) is 1. The molecule has 0 unspecified atom stereocenters. The lowest BCUT2D eigenvalue weighted by atomic mass is 10.2. The molecule has 5 heteroatoms. The first-order valence-electron chi connectivity index (χ1n) is 8.07. The van der Waals surface area contributed by atoms with Gasteiger partial charge in [0.25, 0.3) is 0 Å². The molecule has 0 radical (unpaired) electrons. The molecule has 0 saturated carbocycles. The summed E-state index contributed by atoms with van der Waals surface area (Å²) >= 11 is 0. The van der Waals surface area contributed by atoms with Crippen molar-refractivity contribution in [2.45, 2.75) is 25.7 Å². The van der Waals surface area contributed by atoms with Crippen LogP contribution >= 0.6 is 0 Å². The molecule has 1 aromatic rings. The average Bonchev–Trinajstić information content (AvgIpc) is 2.82. The highest BCUT2D eigenvalue weighted by Crippen LogP contribution is 2.28. The van der Waals surface area contributed by atoms with Crippen LogP contribution in [0.2, 0.25) is 0 Å². The number of rotatable bonds is 5. The molecular weight excluding hydrogens is 278 g/mol. The second-order valence-corrected chi connectivity index (χ2v) is 5.76. The van der Waals surface area contributed by atoms with Gasteiger partial charge in [0.2, 0.25) is 0 Å². The van der Waals surface area contributed by atoms with Gasteiger partial charge in [-0.1, -0.05) is 25.0 Å². The Bertz CT molecular complexity index is 471. The number of methoxy groups -OCH3 is 1. The van der Waals surface area contributed by atoms with Crippen LogP contribution in [0.5, 0.6) is 0 Å². The first kappa shape index (κ1) is 16.6. The number of hydrogen-bond donors (Lipinski definition) is 1. The SMILES string of the molecule is COCCN(C)C(=O)Nc1ccccc1N1CCCCCC1. The number of ether oxygens (including phenoxy) is 1. The van der Waals surface area contributed by atoms with E-state index in [-0.39, 0.29) is 6.03 Å². The third kappa shape index (κ3) is 4.63. The third-order valence-corrected chi connectivity index (χ3v) is 4.07. The van der Waals surface area contributed by atoms with E-state index in [1.54, 1.807) is 19.1 Å². The number of carbonyl (C=O) groups excluding carboxylic acids is 1. The van der Waals surface area contributed by atoms with Gasteiger partial charge in [-0.25, -0.2) is 4.79 Å². The first-order valence-corrected chi connectivity index (χ1v) is 8.07. The van der Waals surface area contributed by atoms with Crippen LogP contribution in [0.15, 0.2) is 24.3 Å². The van der Waals surface area contributed by atoms with Crippen molar-refractivity contribution < 1.29 is 9.53 Å². The van der Waals surface area contributed by atoms with Gasteiger partial charge in [0.15, 0.2) is 0 Å². The molecule has 1 aliphatic rings. The summed E-state index contributed by atoms with van der Waals surface area (Å²) in [6, 6.07) is 7.97. The summed E-state index contributed by atoms with van der Waals surface area (Å²) in [6.07, 6.45) is 5.03. The number of carbonyl (C=O) groups is 1. The zero-order valence-electron chi connectivity index (χ0n) is 13.7. The van der Waals surface area contributed by atoms with E-state index in [0.717, 1.165) is 24.5 Å². The van der Waals surface area contributed by atoms with E-state index in [0.29, 0.717) is 13.2 Å². The van der Waals surface area contributed by atoms with Gasteiger partial charge in [0.1, 0.15) is 0 Å². The Morgan fingerprint density at radius 1 is 1.23 bits per heavy atom. The smallest absolute Gasteiger partial charge is 0.321 e. The summed E-state index contributed by atoms with van der Waals surface area (Å²) in [7, 11) is 3.42. The predicted molar refractivity (Wildman–Crippen MR) is 90.6 cm³/mol. The van der Waals surface area contributed by atoms with E-state index in [1.165, 1.54) is 25.7 Å². The number of amides is 2. The van der Waals surface area contributed by atoms with Gasteiger partial charge in [-0.3, -0.25) is 0 Å². The van der Waals surface area contributed by atoms with Crippen molar-refractivity contribution in [3.05, 3.63) is 24.3 Å². The van der Waals surface area contributed by atoms with Crippen LogP contribution in [-0.4, -0.2) is 51.3 Å². The van der Waals surface area contributed by atoms with Crippen LogP contribution < -0.4 is 10.2 Å². The highest BCUT2D eigenvalue weighted by Gasteiger charge is 2.16. The van der Waals surface area contributed by atoms with Crippen LogP contribution in [0, 0.1) is 0 Å². The average molecular weight is 305 g/mol. The van der Waals surface area contributed by atoms with E-state index in [9.17, 15) is 4.79 Å². The van der Waals surface area contributed by atoms with Gasteiger partial charge in [0.05, 0.1) is 18.0 Å². The molecule has 2 rings (SSSR count). The lowest BCUT2D eigenvalue weighted by Gasteiger charge is -2.26. The van der Waals surface area contributed by atoms with Gasteiger partial charge in [0, 0.05) is 33.8 Å². The molecule has 1 aromatic carbocycles. The van der Waals surface area contributed by atoms with Gasteiger partial charge < -0.3 is 19.9 Å². The molecule has 0 atom stereocenters. The molecule has 1 heterocycles. The number of nitrogens with zero attached hydrogens (tertiary/aromatic N) is 2. The van der Waals surface area contributed by atoms with Crippen molar-refractivity contribution in [3.63, 3.8) is 0 Å². The number of urea groups is 1. The lowest BCUT2D eigenvalue weighted by Crippen LogP contribution is -2.34. The van der Waals surface area contributed by atoms with Crippen LogP contribution in [0.25, 0.3) is 0 Å². The molecule has 1 saturated heterocycles. The Labute approximate surface area is 133 Å². The molecule has 1 N–H and O–H groups in total. The van der Waals surface area contributed by atoms with Crippen molar-refractivity contribution >= 4 is 17.4 Å². The molecule has 5 nitrogen and oxygen atoms in total. The molecule has 1 aliphatic heterocycles. The van der Waals surface area contributed by atoms with Gasteiger partial charge in [-0.05, 0) is 25.0 Å². The number of para-hydroxylation sites is 2. The fourth-order valence-corrected chi connectivity index (χ4v) is 2.71. The Morgan fingerprint density at radius 3 is 2.59 bits per heavy atom. The summed E-state index contributed by atoms with van der Waals surface area (Å²) in [5.74, 6) is 0. The van der Waals surface area contributed by atoms with Gasteiger partial charge >= 0.3 is 6.03 Å². The normalized spacial score (nSPS) is 15.3. The highest BCUT2D eigenvalue weighted by atomic mass is 16.5. The third-order valence-electron chi connectivity index (χ3n) is 4.07.